The molecule has 2 aliphatic rings. The van der Waals surface area contributed by atoms with Crippen LogP contribution >= 0.6 is 0 Å². The summed E-state index contributed by atoms with van der Waals surface area (Å²) in [6, 6.07) is 3.82. The first-order valence-electron chi connectivity index (χ1n) is 8.13. The van der Waals surface area contributed by atoms with Crippen LogP contribution < -0.4 is 0 Å². The average molecular weight is 337 g/mol. The third-order valence-corrected chi connectivity index (χ3v) is 6.85. The van der Waals surface area contributed by atoms with Gasteiger partial charge in [-0.3, -0.25) is 9.78 Å². The van der Waals surface area contributed by atoms with Gasteiger partial charge in [-0.15, -0.1) is 0 Å². The second kappa shape index (κ2) is 6.20. The van der Waals surface area contributed by atoms with E-state index in [0.717, 1.165) is 24.8 Å². The summed E-state index contributed by atoms with van der Waals surface area (Å²) in [7, 11) is -3.23. The fourth-order valence-electron chi connectivity index (χ4n) is 3.64. The third-order valence-electron chi connectivity index (χ3n) is 5.02. The minimum atomic E-state index is -3.23. The van der Waals surface area contributed by atoms with E-state index in [1.807, 2.05) is 17.0 Å². The summed E-state index contributed by atoms with van der Waals surface area (Å²) in [6.07, 6.45) is 5.73. The van der Waals surface area contributed by atoms with Gasteiger partial charge in [-0.25, -0.2) is 12.7 Å². The predicted molar refractivity (Wildman–Crippen MR) is 87.0 cm³/mol. The lowest BCUT2D eigenvalue weighted by atomic mass is 9.79. The van der Waals surface area contributed by atoms with E-state index in [1.54, 1.807) is 19.3 Å². The molecule has 1 atom stereocenters. The van der Waals surface area contributed by atoms with Crippen LogP contribution in [-0.2, 0) is 21.4 Å². The summed E-state index contributed by atoms with van der Waals surface area (Å²) in [6.45, 7) is 3.80. The maximum Gasteiger partial charge on any atom is 0.230 e. The van der Waals surface area contributed by atoms with Gasteiger partial charge in [0, 0.05) is 38.6 Å². The molecule has 3 rings (SSSR count). The molecule has 6 nitrogen and oxygen atoms in total. The number of aromatic nitrogens is 1. The third kappa shape index (κ3) is 3.12. The number of carbonyl (C=O) groups excluding carboxylic acids is 1. The van der Waals surface area contributed by atoms with Crippen LogP contribution in [0.1, 0.15) is 31.7 Å². The molecule has 1 spiro atoms. The van der Waals surface area contributed by atoms with Crippen LogP contribution in [0.2, 0.25) is 0 Å². The van der Waals surface area contributed by atoms with Crippen molar-refractivity contribution in [2.45, 2.75) is 32.7 Å². The Bertz CT molecular complexity index is 677. The second-order valence-electron chi connectivity index (χ2n) is 6.45. The van der Waals surface area contributed by atoms with Crippen molar-refractivity contribution in [3.63, 3.8) is 0 Å². The number of piperidine rings is 1. The normalized spacial score (nSPS) is 26.1. The number of pyridine rings is 1. The van der Waals surface area contributed by atoms with Gasteiger partial charge in [0.25, 0.3) is 0 Å². The lowest BCUT2D eigenvalue weighted by molar-refractivity contribution is -0.138. The SMILES string of the molecule is CCS(=O)(=O)N1CCCC2(CCN(Cc3ccncc3)C2=O)C1. The molecule has 23 heavy (non-hydrogen) atoms. The van der Waals surface area contributed by atoms with Crippen LogP contribution in [0.4, 0.5) is 0 Å². The van der Waals surface area contributed by atoms with Crippen molar-refractivity contribution < 1.29 is 13.2 Å². The van der Waals surface area contributed by atoms with E-state index in [4.69, 9.17) is 0 Å². The van der Waals surface area contributed by atoms with E-state index in [2.05, 4.69) is 4.98 Å². The molecule has 1 aromatic rings. The molecule has 0 aromatic carbocycles. The van der Waals surface area contributed by atoms with E-state index in [0.29, 0.717) is 26.2 Å². The largest absolute Gasteiger partial charge is 0.338 e. The first kappa shape index (κ1) is 16.4. The second-order valence-corrected chi connectivity index (χ2v) is 8.71. The van der Waals surface area contributed by atoms with Gasteiger partial charge in [0.15, 0.2) is 0 Å². The van der Waals surface area contributed by atoms with E-state index in [9.17, 15) is 13.2 Å². The quantitative estimate of drug-likeness (QED) is 0.829. The molecule has 1 amide bonds. The Morgan fingerprint density at radius 2 is 1.96 bits per heavy atom. The van der Waals surface area contributed by atoms with E-state index in [1.165, 1.54) is 4.31 Å². The zero-order chi connectivity index (χ0) is 16.5. The number of likely N-dealkylation sites (tertiary alicyclic amines) is 1. The Balaban J connectivity index is 1.75. The number of sulfonamides is 1. The molecule has 0 N–H and O–H groups in total. The van der Waals surface area contributed by atoms with Crippen LogP contribution in [0, 0.1) is 5.41 Å². The first-order valence-corrected chi connectivity index (χ1v) is 9.74. The van der Waals surface area contributed by atoms with E-state index in [-0.39, 0.29) is 11.7 Å². The van der Waals surface area contributed by atoms with Gasteiger partial charge in [0.2, 0.25) is 15.9 Å². The van der Waals surface area contributed by atoms with Crippen molar-refractivity contribution in [2.24, 2.45) is 5.41 Å². The minimum Gasteiger partial charge on any atom is -0.338 e. The lowest BCUT2D eigenvalue weighted by Gasteiger charge is -2.38. The molecule has 1 unspecified atom stereocenters. The van der Waals surface area contributed by atoms with Crippen LogP contribution in [0.25, 0.3) is 0 Å². The zero-order valence-electron chi connectivity index (χ0n) is 13.4. The summed E-state index contributed by atoms with van der Waals surface area (Å²) < 4.78 is 25.9. The highest BCUT2D eigenvalue weighted by Gasteiger charge is 2.50. The zero-order valence-corrected chi connectivity index (χ0v) is 14.3. The Morgan fingerprint density at radius 3 is 2.65 bits per heavy atom. The Hall–Kier alpha value is -1.47. The number of rotatable bonds is 4. The van der Waals surface area contributed by atoms with Gasteiger partial charge >= 0.3 is 0 Å². The molecule has 0 radical (unpaired) electrons. The Kier molecular flexibility index (Phi) is 4.42. The molecule has 0 bridgehead atoms. The van der Waals surface area contributed by atoms with Crippen molar-refractivity contribution in [1.29, 1.82) is 0 Å². The van der Waals surface area contributed by atoms with E-state index < -0.39 is 15.4 Å². The molecule has 1 aromatic heterocycles. The number of hydrogen-bond donors (Lipinski definition) is 0. The van der Waals surface area contributed by atoms with Gasteiger partial charge in [-0.05, 0) is 43.9 Å². The maximum absolute atomic E-state index is 12.9. The monoisotopic (exact) mass is 337 g/mol. The highest BCUT2D eigenvalue weighted by atomic mass is 32.2. The maximum atomic E-state index is 12.9. The van der Waals surface area contributed by atoms with Crippen molar-refractivity contribution in [3.05, 3.63) is 30.1 Å². The number of nitrogens with zero attached hydrogens (tertiary/aromatic N) is 3. The molecule has 0 aliphatic carbocycles. The van der Waals surface area contributed by atoms with Crippen LogP contribution in [-0.4, -0.2) is 53.9 Å². The molecular formula is C16H23N3O3S. The van der Waals surface area contributed by atoms with Gasteiger partial charge in [0.1, 0.15) is 0 Å². The minimum absolute atomic E-state index is 0.0952. The fourth-order valence-corrected chi connectivity index (χ4v) is 4.86. The molecule has 126 valence electrons. The molecule has 2 aliphatic heterocycles. The molecule has 7 heteroatoms. The highest BCUT2D eigenvalue weighted by Crippen LogP contribution is 2.41. The van der Waals surface area contributed by atoms with Gasteiger partial charge < -0.3 is 4.90 Å². The first-order chi connectivity index (χ1) is 11.0. The Morgan fingerprint density at radius 1 is 1.22 bits per heavy atom. The average Bonchev–Trinajstić information content (AvgIpc) is 2.85. The Labute approximate surface area is 137 Å². The predicted octanol–water partition coefficient (Wildman–Crippen LogP) is 1.25. The standard InChI is InChI=1S/C16H23N3O3S/c1-2-23(21,22)19-10-3-6-16(13-19)7-11-18(15(16)20)12-14-4-8-17-9-5-14/h4-5,8-9H,2-3,6-7,10-13H2,1H3. The van der Waals surface area contributed by atoms with Crippen molar-refractivity contribution in [3.8, 4) is 0 Å². The number of amides is 1. The summed E-state index contributed by atoms with van der Waals surface area (Å²) >= 11 is 0. The van der Waals surface area contributed by atoms with E-state index >= 15 is 0 Å². The summed E-state index contributed by atoms with van der Waals surface area (Å²) in [4.78, 5) is 18.8. The lowest BCUT2D eigenvalue weighted by Crippen LogP contribution is -2.50. The molecule has 2 saturated heterocycles. The highest BCUT2D eigenvalue weighted by molar-refractivity contribution is 7.89. The van der Waals surface area contributed by atoms with Crippen LogP contribution in [0.3, 0.4) is 0 Å². The van der Waals surface area contributed by atoms with Gasteiger partial charge in [-0.2, -0.15) is 0 Å². The van der Waals surface area contributed by atoms with Crippen LogP contribution in [0.5, 0.6) is 0 Å². The van der Waals surface area contributed by atoms with Crippen molar-refractivity contribution in [2.75, 3.05) is 25.4 Å². The molecule has 0 saturated carbocycles. The summed E-state index contributed by atoms with van der Waals surface area (Å²) in [5.41, 5.74) is 0.535. The summed E-state index contributed by atoms with van der Waals surface area (Å²) in [5.74, 6) is 0.197. The van der Waals surface area contributed by atoms with Crippen molar-refractivity contribution in [1.82, 2.24) is 14.2 Å². The fraction of sp³-hybridized carbons (Fsp3) is 0.625. The number of hydrogen-bond acceptors (Lipinski definition) is 4. The van der Waals surface area contributed by atoms with Crippen LogP contribution in [0.15, 0.2) is 24.5 Å². The molecule has 2 fully saturated rings. The van der Waals surface area contributed by atoms with Crippen molar-refractivity contribution >= 4 is 15.9 Å². The topological polar surface area (TPSA) is 70.6 Å². The van der Waals surface area contributed by atoms with Gasteiger partial charge in [0.05, 0.1) is 11.2 Å². The summed E-state index contributed by atoms with van der Waals surface area (Å²) in [5, 5.41) is 0. The smallest absolute Gasteiger partial charge is 0.230 e. The van der Waals surface area contributed by atoms with Gasteiger partial charge in [-0.1, -0.05) is 0 Å². The number of carbonyl (C=O) groups is 1. The molecular weight excluding hydrogens is 314 g/mol. The molecule has 3 heterocycles.